The van der Waals surface area contributed by atoms with E-state index in [9.17, 15) is 4.39 Å². The van der Waals surface area contributed by atoms with Crippen molar-refractivity contribution < 1.29 is 18.6 Å². The third-order valence-electron chi connectivity index (χ3n) is 2.36. The van der Waals surface area contributed by atoms with E-state index in [1.807, 2.05) is 0 Å². The SMILES string of the molecule is COCCOCCOCCNc1c(Cl)cc(F)cc1Br. The highest BCUT2D eigenvalue weighted by molar-refractivity contribution is 9.10. The van der Waals surface area contributed by atoms with Crippen molar-refractivity contribution in [3.8, 4) is 0 Å². The minimum absolute atomic E-state index is 0.333. The molecule has 0 unspecified atom stereocenters. The molecule has 1 aromatic rings. The van der Waals surface area contributed by atoms with Crippen LogP contribution in [0, 0.1) is 5.82 Å². The van der Waals surface area contributed by atoms with Crippen LogP contribution in [0.5, 0.6) is 0 Å². The fraction of sp³-hybridized carbons (Fsp3) is 0.538. The van der Waals surface area contributed by atoms with Crippen LogP contribution in [0.2, 0.25) is 5.02 Å². The summed E-state index contributed by atoms with van der Waals surface area (Å²) in [7, 11) is 1.63. The molecule has 1 rings (SSSR count). The maximum absolute atomic E-state index is 13.0. The van der Waals surface area contributed by atoms with E-state index in [1.54, 1.807) is 7.11 Å². The molecule has 4 nitrogen and oxygen atoms in total. The third kappa shape index (κ3) is 6.85. The average molecular weight is 371 g/mol. The summed E-state index contributed by atoms with van der Waals surface area (Å²) in [4.78, 5) is 0. The van der Waals surface area contributed by atoms with Gasteiger partial charge in [0.15, 0.2) is 0 Å². The van der Waals surface area contributed by atoms with Crippen molar-refractivity contribution in [1.29, 1.82) is 0 Å². The summed E-state index contributed by atoms with van der Waals surface area (Å²) in [5.41, 5.74) is 0.660. The van der Waals surface area contributed by atoms with Crippen LogP contribution in [0.25, 0.3) is 0 Å². The first kappa shape index (κ1) is 17.7. The Morgan fingerprint density at radius 1 is 1.15 bits per heavy atom. The lowest BCUT2D eigenvalue weighted by Crippen LogP contribution is -2.14. The number of hydrogen-bond donors (Lipinski definition) is 1. The number of anilines is 1. The Balaban J connectivity index is 2.13. The predicted octanol–water partition coefficient (Wildman–Crippen LogP) is 3.33. The summed E-state index contributed by atoms with van der Waals surface area (Å²) >= 11 is 9.20. The van der Waals surface area contributed by atoms with E-state index < -0.39 is 0 Å². The first-order valence-corrected chi connectivity index (χ1v) is 7.35. The zero-order valence-corrected chi connectivity index (χ0v) is 13.6. The minimum atomic E-state index is -0.378. The smallest absolute Gasteiger partial charge is 0.125 e. The van der Waals surface area contributed by atoms with Gasteiger partial charge in [-0.15, -0.1) is 0 Å². The number of hydrogen-bond acceptors (Lipinski definition) is 4. The molecule has 0 aliphatic rings. The molecule has 20 heavy (non-hydrogen) atoms. The van der Waals surface area contributed by atoms with Crippen molar-refractivity contribution in [3.63, 3.8) is 0 Å². The van der Waals surface area contributed by atoms with Gasteiger partial charge in [-0.25, -0.2) is 4.39 Å². The molecule has 0 aromatic heterocycles. The van der Waals surface area contributed by atoms with E-state index in [0.717, 1.165) is 0 Å². The molecule has 0 saturated carbocycles. The number of methoxy groups -OCH3 is 1. The van der Waals surface area contributed by atoms with Gasteiger partial charge in [0.25, 0.3) is 0 Å². The van der Waals surface area contributed by atoms with Gasteiger partial charge in [-0.2, -0.15) is 0 Å². The quantitative estimate of drug-likeness (QED) is 0.641. The highest BCUT2D eigenvalue weighted by Gasteiger charge is 2.07. The van der Waals surface area contributed by atoms with Crippen LogP contribution in [0.4, 0.5) is 10.1 Å². The van der Waals surface area contributed by atoms with Crippen LogP contribution < -0.4 is 5.32 Å². The summed E-state index contributed by atoms with van der Waals surface area (Å²) in [5.74, 6) is -0.378. The van der Waals surface area contributed by atoms with Gasteiger partial charge in [0.1, 0.15) is 5.82 Å². The van der Waals surface area contributed by atoms with Gasteiger partial charge >= 0.3 is 0 Å². The van der Waals surface area contributed by atoms with Gasteiger partial charge in [-0.05, 0) is 28.1 Å². The van der Waals surface area contributed by atoms with Crippen molar-refractivity contribution in [2.45, 2.75) is 0 Å². The molecule has 0 spiro atoms. The first-order valence-electron chi connectivity index (χ1n) is 6.18. The lowest BCUT2D eigenvalue weighted by molar-refractivity contribution is 0.0272. The van der Waals surface area contributed by atoms with Crippen LogP contribution in [0.3, 0.4) is 0 Å². The number of halogens is 3. The molecule has 1 aromatic carbocycles. The molecule has 0 atom stereocenters. The summed E-state index contributed by atoms with van der Waals surface area (Å²) in [6, 6.07) is 2.62. The van der Waals surface area contributed by atoms with Crippen molar-refractivity contribution in [2.24, 2.45) is 0 Å². The van der Waals surface area contributed by atoms with Crippen LogP contribution >= 0.6 is 27.5 Å². The Labute approximate surface area is 131 Å². The van der Waals surface area contributed by atoms with E-state index in [0.29, 0.717) is 54.8 Å². The fourth-order valence-electron chi connectivity index (χ4n) is 1.42. The topological polar surface area (TPSA) is 39.7 Å². The van der Waals surface area contributed by atoms with Gasteiger partial charge < -0.3 is 19.5 Å². The highest BCUT2D eigenvalue weighted by Crippen LogP contribution is 2.31. The van der Waals surface area contributed by atoms with Gasteiger partial charge in [0, 0.05) is 18.1 Å². The van der Waals surface area contributed by atoms with Gasteiger partial charge in [-0.1, -0.05) is 11.6 Å². The molecule has 7 heteroatoms. The second-order valence-corrected chi connectivity index (χ2v) is 5.15. The Bertz CT molecular complexity index is 386. The maximum Gasteiger partial charge on any atom is 0.125 e. The van der Waals surface area contributed by atoms with Crippen molar-refractivity contribution in [1.82, 2.24) is 0 Å². The standard InChI is InChI=1S/C13H18BrClFNO3/c1-18-4-5-20-7-6-19-3-2-17-13-11(14)8-10(16)9-12(13)15/h8-9,17H,2-7H2,1H3. The van der Waals surface area contributed by atoms with Gasteiger partial charge in [0.05, 0.1) is 43.7 Å². The molecule has 0 saturated heterocycles. The predicted molar refractivity (Wildman–Crippen MR) is 81.1 cm³/mol. The molecular formula is C13H18BrClFNO3. The molecule has 0 aliphatic carbocycles. The van der Waals surface area contributed by atoms with E-state index in [1.165, 1.54) is 12.1 Å². The van der Waals surface area contributed by atoms with Crippen molar-refractivity contribution in [2.75, 3.05) is 52.0 Å². The molecule has 114 valence electrons. The molecule has 0 aliphatic heterocycles. The summed E-state index contributed by atoms with van der Waals surface area (Å²) in [6.45, 7) is 3.28. The van der Waals surface area contributed by atoms with Gasteiger partial charge in [-0.3, -0.25) is 0 Å². The van der Waals surface area contributed by atoms with Crippen LogP contribution in [0.15, 0.2) is 16.6 Å². The van der Waals surface area contributed by atoms with Gasteiger partial charge in [0.2, 0.25) is 0 Å². The second kappa shape index (κ2) is 10.3. The largest absolute Gasteiger partial charge is 0.382 e. The average Bonchev–Trinajstić information content (AvgIpc) is 2.39. The second-order valence-electron chi connectivity index (χ2n) is 3.89. The zero-order chi connectivity index (χ0) is 14.8. The van der Waals surface area contributed by atoms with Crippen molar-refractivity contribution in [3.05, 3.63) is 27.4 Å². The number of nitrogens with one attached hydrogen (secondary N) is 1. The number of benzene rings is 1. The molecule has 0 heterocycles. The van der Waals surface area contributed by atoms with Crippen LogP contribution in [-0.4, -0.2) is 46.7 Å². The molecule has 1 N–H and O–H groups in total. The zero-order valence-electron chi connectivity index (χ0n) is 11.3. The van der Waals surface area contributed by atoms with E-state index in [2.05, 4.69) is 21.2 Å². The molecule has 0 amide bonds. The minimum Gasteiger partial charge on any atom is -0.382 e. The molecule has 0 radical (unpaired) electrons. The monoisotopic (exact) mass is 369 g/mol. The van der Waals surface area contributed by atoms with E-state index in [4.69, 9.17) is 25.8 Å². The molecular weight excluding hydrogens is 353 g/mol. The van der Waals surface area contributed by atoms with Crippen LogP contribution in [0.1, 0.15) is 0 Å². The number of rotatable bonds is 10. The Morgan fingerprint density at radius 3 is 2.45 bits per heavy atom. The molecule has 0 fully saturated rings. The fourth-order valence-corrected chi connectivity index (χ4v) is 2.38. The maximum atomic E-state index is 13.0. The third-order valence-corrected chi connectivity index (χ3v) is 3.28. The van der Waals surface area contributed by atoms with Crippen LogP contribution in [-0.2, 0) is 14.2 Å². The van der Waals surface area contributed by atoms with E-state index in [-0.39, 0.29) is 5.82 Å². The summed E-state index contributed by atoms with van der Waals surface area (Å²) in [6.07, 6.45) is 0. The Morgan fingerprint density at radius 2 is 1.80 bits per heavy atom. The lowest BCUT2D eigenvalue weighted by Gasteiger charge is -2.11. The summed E-state index contributed by atoms with van der Waals surface area (Å²) < 4.78 is 29.1. The van der Waals surface area contributed by atoms with E-state index >= 15 is 0 Å². The van der Waals surface area contributed by atoms with Crippen molar-refractivity contribution >= 4 is 33.2 Å². The lowest BCUT2D eigenvalue weighted by atomic mass is 10.3. The first-order chi connectivity index (χ1) is 9.65. The Kier molecular flexibility index (Phi) is 9.13. The normalized spacial score (nSPS) is 10.8. The highest BCUT2D eigenvalue weighted by atomic mass is 79.9. The Hall–Kier alpha value is -0.400. The molecule has 0 bridgehead atoms. The number of ether oxygens (including phenoxy) is 3. The summed E-state index contributed by atoms with van der Waals surface area (Å²) in [5, 5.41) is 3.42.